The van der Waals surface area contributed by atoms with Gasteiger partial charge >= 0.3 is 6.03 Å². The minimum Gasteiger partial charge on any atom is -0.495 e. The molecule has 0 atom stereocenters. The molecule has 32 heavy (non-hydrogen) atoms. The maximum Gasteiger partial charge on any atom is 0.323 e. The molecule has 0 unspecified atom stereocenters. The minimum absolute atomic E-state index is 0.350. The van der Waals surface area contributed by atoms with E-state index in [0.717, 1.165) is 24.5 Å². The Labute approximate surface area is 186 Å². The van der Waals surface area contributed by atoms with Gasteiger partial charge in [0.15, 0.2) is 0 Å². The molecule has 0 bridgehead atoms. The van der Waals surface area contributed by atoms with E-state index >= 15 is 0 Å². The van der Waals surface area contributed by atoms with Crippen molar-refractivity contribution in [1.82, 2.24) is 9.97 Å². The number of carbonyl (C=O) groups excluding carboxylic acids is 1. The van der Waals surface area contributed by atoms with Gasteiger partial charge in [-0.1, -0.05) is 12.1 Å². The predicted molar refractivity (Wildman–Crippen MR) is 125 cm³/mol. The minimum atomic E-state index is -0.350. The van der Waals surface area contributed by atoms with E-state index in [9.17, 15) is 4.79 Å². The lowest BCUT2D eigenvalue weighted by Crippen LogP contribution is -2.37. The van der Waals surface area contributed by atoms with Gasteiger partial charge in [-0.25, -0.2) is 9.78 Å². The summed E-state index contributed by atoms with van der Waals surface area (Å²) < 4.78 is 10.7. The first-order valence-electron chi connectivity index (χ1n) is 10.4. The van der Waals surface area contributed by atoms with Crippen LogP contribution in [0.1, 0.15) is 5.69 Å². The van der Waals surface area contributed by atoms with Crippen LogP contribution in [0.5, 0.6) is 5.75 Å². The van der Waals surface area contributed by atoms with Gasteiger partial charge in [0.1, 0.15) is 11.6 Å². The molecule has 1 saturated heterocycles. The molecule has 2 amide bonds. The van der Waals surface area contributed by atoms with Crippen molar-refractivity contribution < 1.29 is 14.3 Å². The van der Waals surface area contributed by atoms with Crippen molar-refractivity contribution in [2.24, 2.45) is 0 Å². The molecule has 0 radical (unpaired) electrons. The monoisotopic (exact) mass is 434 g/mol. The molecule has 1 fully saturated rings. The summed E-state index contributed by atoms with van der Waals surface area (Å²) in [5.41, 5.74) is 3.00. The van der Waals surface area contributed by atoms with Gasteiger partial charge in [-0.3, -0.25) is 0 Å². The van der Waals surface area contributed by atoms with Crippen molar-refractivity contribution >= 4 is 34.9 Å². The van der Waals surface area contributed by atoms with E-state index in [0.29, 0.717) is 42.1 Å². The van der Waals surface area contributed by atoms with Crippen molar-refractivity contribution in [2.75, 3.05) is 54.3 Å². The second-order valence-electron chi connectivity index (χ2n) is 7.28. The number of rotatable bonds is 6. The average molecular weight is 435 g/mol. The number of nitrogens with zero attached hydrogens (tertiary/aromatic N) is 3. The highest BCUT2D eigenvalue weighted by Crippen LogP contribution is 2.24. The number of hydrogen-bond acceptors (Lipinski definition) is 7. The van der Waals surface area contributed by atoms with Crippen molar-refractivity contribution in [3.8, 4) is 5.75 Å². The van der Waals surface area contributed by atoms with E-state index in [1.54, 1.807) is 19.2 Å². The summed E-state index contributed by atoms with van der Waals surface area (Å²) >= 11 is 0. The van der Waals surface area contributed by atoms with Crippen LogP contribution in [0.4, 0.5) is 33.6 Å². The molecular formula is C23H26N6O3. The molecular weight excluding hydrogens is 408 g/mol. The number of urea groups is 1. The molecule has 0 saturated carbocycles. The third kappa shape index (κ3) is 5.44. The molecule has 1 aliphatic rings. The van der Waals surface area contributed by atoms with E-state index in [4.69, 9.17) is 9.47 Å². The maximum atomic E-state index is 12.3. The predicted octanol–water partition coefficient (Wildman–Crippen LogP) is 4.02. The van der Waals surface area contributed by atoms with Crippen LogP contribution in [0.2, 0.25) is 0 Å². The molecule has 166 valence electrons. The number of benzene rings is 2. The molecule has 4 rings (SSSR count). The summed E-state index contributed by atoms with van der Waals surface area (Å²) in [7, 11) is 1.56. The number of carbonyl (C=O) groups is 1. The largest absolute Gasteiger partial charge is 0.495 e. The van der Waals surface area contributed by atoms with Gasteiger partial charge in [0, 0.05) is 36.2 Å². The number of aryl methyl sites for hydroxylation is 1. The zero-order valence-electron chi connectivity index (χ0n) is 18.1. The topological polar surface area (TPSA) is 101 Å². The first-order valence-corrected chi connectivity index (χ1v) is 10.4. The highest BCUT2D eigenvalue weighted by atomic mass is 16.5. The number of nitrogens with one attached hydrogen (secondary N) is 3. The fourth-order valence-electron chi connectivity index (χ4n) is 3.34. The van der Waals surface area contributed by atoms with Gasteiger partial charge in [0.25, 0.3) is 0 Å². The smallest absolute Gasteiger partial charge is 0.323 e. The number of aromatic nitrogens is 2. The fraction of sp³-hybridized carbons (Fsp3) is 0.261. The number of morpholine rings is 1. The molecule has 3 aromatic rings. The summed E-state index contributed by atoms with van der Waals surface area (Å²) in [6.45, 7) is 4.86. The van der Waals surface area contributed by atoms with Crippen molar-refractivity contribution in [2.45, 2.75) is 6.92 Å². The molecule has 2 heterocycles. The Hall–Kier alpha value is -3.85. The molecule has 9 heteroatoms. The fourth-order valence-corrected chi connectivity index (χ4v) is 3.34. The van der Waals surface area contributed by atoms with Crippen molar-refractivity contribution in [3.05, 3.63) is 60.3 Å². The molecule has 9 nitrogen and oxygen atoms in total. The normalized spacial score (nSPS) is 13.4. The molecule has 0 spiro atoms. The Morgan fingerprint density at radius 3 is 2.47 bits per heavy atom. The van der Waals surface area contributed by atoms with E-state index in [2.05, 4.69) is 30.8 Å². The number of anilines is 5. The molecule has 2 aromatic carbocycles. The zero-order valence-corrected chi connectivity index (χ0v) is 18.1. The second-order valence-corrected chi connectivity index (χ2v) is 7.28. The van der Waals surface area contributed by atoms with E-state index < -0.39 is 0 Å². The summed E-state index contributed by atoms with van der Waals surface area (Å²) in [5.74, 6) is 2.01. The Morgan fingerprint density at radius 1 is 1.00 bits per heavy atom. The molecule has 0 aliphatic carbocycles. The Balaban J connectivity index is 1.38. The van der Waals surface area contributed by atoms with Gasteiger partial charge in [0.2, 0.25) is 5.95 Å². The third-order valence-corrected chi connectivity index (χ3v) is 4.91. The van der Waals surface area contributed by atoms with Gasteiger partial charge in [-0.2, -0.15) is 4.98 Å². The van der Waals surface area contributed by atoms with Gasteiger partial charge in [-0.15, -0.1) is 0 Å². The first-order chi connectivity index (χ1) is 15.6. The lowest BCUT2D eigenvalue weighted by Gasteiger charge is -2.27. The zero-order chi connectivity index (χ0) is 22.3. The maximum absolute atomic E-state index is 12.3. The van der Waals surface area contributed by atoms with Crippen LogP contribution in [-0.4, -0.2) is 49.4 Å². The lowest BCUT2D eigenvalue weighted by molar-refractivity contribution is 0.122. The Bertz CT molecular complexity index is 1070. The van der Waals surface area contributed by atoms with Crippen molar-refractivity contribution in [3.63, 3.8) is 0 Å². The van der Waals surface area contributed by atoms with Gasteiger partial charge in [0.05, 0.1) is 26.0 Å². The van der Waals surface area contributed by atoms with E-state index in [-0.39, 0.29) is 6.03 Å². The Kier molecular flexibility index (Phi) is 6.66. The first kappa shape index (κ1) is 21.4. The molecule has 1 aliphatic heterocycles. The van der Waals surface area contributed by atoms with Crippen LogP contribution < -0.4 is 25.6 Å². The Morgan fingerprint density at radius 2 is 1.72 bits per heavy atom. The number of methoxy groups -OCH3 is 1. The number of ether oxygens (including phenoxy) is 2. The second kappa shape index (κ2) is 9.97. The highest BCUT2D eigenvalue weighted by Gasteiger charge is 2.15. The summed E-state index contributed by atoms with van der Waals surface area (Å²) in [4.78, 5) is 23.6. The van der Waals surface area contributed by atoms with Crippen LogP contribution in [0.25, 0.3) is 0 Å². The van der Waals surface area contributed by atoms with Crippen LogP contribution >= 0.6 is 0 Å². The summed E-state index contributed by atoms with van der Waals surface area (Å²) in [6.07, 6.45) is 0. The van der Waals surface area contributed by atoms with E-state index in [1.165, 1.54) is 0 Å². The SMILES string of the molecule is COc1ccccc1NC(=O)Nc1ccc(Nc2cc(C)nc(N3CCOCC3)n2)cc1. The van der Waals surface area contributed by atoms with E-state index in [1.807, 2.05) is 49.4 Å². The lowest BCUT2D eigenvalue weighted by atomic mass is 10.2. The van der Waals surface area contributed by atoms with Crippen LogP contribution in [0.3, 0.4) is 0 Å². The number of hydrogen-bond donors (Lipinski definition) is 3. The van der Waals surface area contributed by atoms with Crippen molar-refractivity contribution in [1.29, 1.82) is 0 Å². The number of amides is 2. The molecule has 3 N–H and O–H groups in total. The standard InChI is InChI=1S/C23H26N6O3/c1-16-15-21(28-22(24-16)29-11-13-32-14-12-29)25-17-7-9-18(10-8-17)26-23(30)27-19-5-3-4-6-20(19)31-2/h3-10,15H,11-14H2,1-2H3,(H,24,25,28)(H2,26,27,30). The van der Waals surface area contributed by atoms with Crippen LogP contribution in [0, 0.1) is 6.92 Å². The number of para-hydroxylation sites is 2. The average Bonchev–Trinajstić information content (AvgIpc) is 2.81. The summed E-state index contributed by atoms with van der Waals surface area (Å²) in [5, 5.41) is 8.91. The quantitative estimate of drug-likeness (QED) is 0.539. The van der Waals surface area contributed by atoms with Gasteiger partial charge in [-0.05, 0) is 43.3 Å². The molecule has 1 aromatic heterocycles. The summed E-state index contributed by atoms with van der Waals surface area (Å²) in [6, 6.07) is 16.2. The third-order valence-electron chi connectivity index (χ3n) is 4.91. The van der Waals surface area contributed by atoms with Crippen LogP contribution in [0.15, 0.2) is 54.6 Å². The highest BCUT2D eigenvalue weighted by molar-refractivity contribution is 6.00. The van der Waals surface area contributed by atoms with Crippen LogP contribution in [-0.2, 0) is 4.74 Å². The van der Waals surface area contributed by atoms with Gasteiger partial charge < -0.3 is 30.3 Å².